The minimum Gasteiger partial charge on any atom is -0.378 e. The van der Waals surface area contributed by atoms with E-state index in [1.807, 2.05) is 47.1 Å². The SMILES string of the molecule is N#CCC[C@@H](Nc1c(C#N)cnc2c(C#N)cc(N[C@H](c3cn(C4CC4)nn3)c3csc4c3CCN(C3COC3)C4)cc12)c1ccccc1. The number of benzene rings is 2. The number of fused-ring (bicyclic) bond motifs is 2. The van der Waals surface area contributed by atoms with Gasteiger partial charge in [-0.3, -0.25) is 9.88 Å². The fourth-order valence-electron chi connectivity index (χ4n) is 6.88. The molecule has 2 N–H and O–H groups in total. The zero-order valence-corrected chi connectivity index (χ0v) is 27.7. The maximum absolute atomic E-state index is 10.3. The maximum atomic E-state index is 10.3. The second-order valence-electron chi connectivity index (χ2n) is 12.9. The molecule has 3 aliphatic rings. The van der Waals surface area contributed by atoms with E-state index < -0.39 is 0 Å². The highest BCUT2D eigenvalue weighted by atomic mass is 32.1. The number of pyridine rings is 1. The zero-order valence-electron chi connectivity index (χ0n) is 26.8. The molecule has 0 bridgehead atoms. The molecular formula is C37H34N10OS. The summed E-state index contributed by atoms with van der Waals surface area (Å²) in [6.45, 7) is 3.49. The standard InChI is InChI=1S/C37H34N10OS/c38-11-4-7-32(23-5-2-1-3-6-23)43-36-25(16-40)17-41-35-24(15-39)13-26(14-30(35)36)42-37(33-18-47(45-44-33)27-8-9-27)31-22-49-34-19-46(12-10-29(31)34)28-20-48-21-28/h1-3,5-6,13-14,17-18,22,27-28,32,37,42H,4,7-10,12,19-21H2,(H,41,43)/t32-,37+/m1/s1. The molecule has 2 aromatic carbocycles. The van der Waals surface area contributed by atoms with Gasteiger partial charge in [-0.15, -0.1) is 16.4 Å². The Hall–Kier alpha value is -5.32. The smallest absolute Gasteiger partial charge is 0.110 e. The van der Waals surface area contributed by atoms with E-state index in [1.165, 1.54) is 22.2 Å². The molecule has 1 saturated carbocycles. The number of thiophene rings is 1. The first-order valence-electron chi connectivity index (χ1n) is 16.7. The monoisotopic (exact) mass is 666 g/mol. The molecule has 2 aliphatic heterocycles. The van der Waals surface area contributed by atoms with Crippen molar-refractivity contribution in [2.75, 3.05) is 30.4 Å². The molecule has 3 aromatic heterocycles. The second-order valence-corrected chi connectivity index (χ2v) is 13.9. The second kappa shape index (κ2) is 13.3. The van der Waals surface area contributed by atoms with E-state index in [0.717, 1.165) is 56.8 Å². The zero-order chi connectivity index (χ0) is 33.3. The van der Waals surface area contributed by atoms with E-state index in [2.05, 4.69) is 60.6 Å². The van der Waals surface area contributed by atoms with Gasteiger partial charge in [-0.1, -0.05) is 35.5 Å². The molecule has 2 fully saturated rings. The van der Waals surface area contributed by atoms with E-state index in [1.54, 1.807) is 11.3 Å². The van der Waals surface area contributed by atoms with Gasteiger partial charge in [0.05, 0.1) is 72.0 Å². The average molecular weight is 667 g/mol. The summed E-state index contributed by atoms with van der Waals surface area (Å²) >= 11 is 1.79. The molecule has 5 aromatic rings. The first kappa shape index (κ1) is 31.0. The van der Waals surface area contributed by atoms with E-state index >= 15 is 0 Å². The number of rotatable bonds is 11. The van der Waals surface area contributed by atoms with Crippen molar-refractivity contribution >= 4 is 33.6 Å². The van der Waals surface area contributed by atoms with Crippen LogP contribution in [0.15, 0.2) is 60.2 Å². The summed E-state index contributed by atoms with van der Waals surface area (Å²) < 4.78 is 7.45. The average Bonchev–Trinajstić information content (AvgIpc) is 3.70. The van der Waals surface area contributed by atoms with Crippen molar-refractivity contribution in [2.45, 2.75) is 62.8 Å². The number of nitrogens with zero attached hydrogens (tertiary/aromatic N) is 8. The minimum absolute atomic E-state index is 0.227. The Morgan fingerprint density at radius 3 is 2.59 bits per heavy atom. The number of anilines is 2. The van der Waals surface area contributed by atoms with E-state index in [4.69, 9.17) is 4.74 Å². The molecule has 12 heteroatoms. The number of ether oxygens (including phenoxy) is 1. The molecule has 0 unspecified atom stereocenters. The van der Waals surface area contributed by atoms with Crippen LogP contribution in [-0.2, 0) is 17.7 Å². The van der Waals surface area contributed by atoms with Gasteiger partial charge in [-0.25, -0.2) is 4.68 Å². The molecule has 0 spiro atoms. The van der Waals surface area contributed by atoms with Crippen LogP contribution in [0.4, 0.5) is 11.4 Å². The van der Waals surface area contributed by atoms with Gasteiger partial charge in [0.1, 0.15) is 17.8 Å². The van der Waals surface area contributed by atoms with Crippen LogP contribution in [-0.4, -0.2) is 50.7 Å². The van der Waals surface area contributed by atoms with Crippen molar-refractivity contribution < 1.29 is 4.74 Å². The molecule has 5 heterocycles. The van der Waals surface area contributed by atoms with Crippen molar-refractivity contribution in [2.24, 2.45) is 0 Å². The summed E-state index contributed by atoms with van der Waals surface area (Å²) in [6, 6.07) is 20.9. The third kappa shape index (κ3) is 6.09. The van der Waals surface area contributed by atoms with Crippen molar-refractivity contribution in [1.29, 1.82) is 15.8 Å². The van der Waals surface area contributed by atoms with Crippen LogP contribution in [0.2, 0.25) is 0 Å². The fourth-order valence-corrected chi connectivity index (χ4v) is 8.03. The molecule has 8 rings (SSSR count). The van der Waals surface area contributed by atoms with Crippen LogP contribution in [0.5, 0.6) is 0 Å². The van der Waals surface area contributed by atoms with Gasteiger partial charge in [0.25, 0.3) is 0 Å². The lowest BCUT2D eigenvalue weighted by Crippen LogP contribution is -2.50. The van der Waals surface area contributed by atoms with Crippen LogP contribution in [0.25, 0.3) is 10.9 Å². The van der Waals surface area contributed by atoms with Crippen LogP contribution >= 0.6 is 11.3 Å². The summed E-state index contributed by atoms with van der Waals surface area (Å²) in [7, 11) is 0. The third-order valence-corrected chi connectivity index (χ3v) is 10.8. The predicted molar refractivity (Wildman–Crippen MR) is 186 cm³/mol. The van der Waals surface area contributed by atoms with Gasteiger partial charge in [0, 0.05) is 41.7 Å². The number of nitriles is 3. The van der Waals surface area contributed by atoms with Crippen molar-refractivity contribution in [1.82, 2.24) is 24.9 Å². The Labute approximate surface area is 288 Å². The quantitative estimate of drug-likeness (QED) is 0.162. The van der Waals surface area contributed by atoms with E-state index in [-0.39, 0.29) is 12.1 Å². The van der Waals surface area contributed by atoms with Crippen molar-refractivity contribution in [3.05, 3.63) is 98.6 Å². The summed E-state index contributed by atoms with van der Waals surface area (Å²) in [4.78, 5) is 8.46. The number of nitrogens with one attached hydrogen (secondary N) is 2. The van der Waals surface area contributed by atoms with Crippen LogP contribution in [0.3, 0.4) is 0 Å². The van der Waals surface area contributed by atoms with Gasteiger partial charge in [-0.2, -0.15) is 15.8 Å². The molecule has 2 atom stereocenters. The topological polar surface area (TPSA) is 152 Å². The summed E-state index contributed by atoms with van der Waals surface area (Å²) in [5, 5.41) is 49.4. The van der Waals surface area contributed by atoms with Gasteiger partial charge in [0.2, 0.25) is 0 Å². The molecule has 244 valence electrons. The van der Waals surface area contributed by atoms with Crippen molar-refractivity contribution in [3.8, 4) is 18.2 Å². The Kier molecular flexibility index (Phi) is 8.40. The minimum atomic E-state index is -0.300. The summed E-state index contributed by atoms with van der Waals surface area (Å²) in [5.74, 6) is 0. The van der Waals surface area contributed by atoms with E-state index in [9.17, 15) is 15.8 Å². The Bertz CT molecular complexity index is 2130. The van der Waals surface area contributed by atoms with Gasteiger partial charge >= 0.3 is 0 Å². The Balaban J connectivity index is 1.20. The highest BCUT2D eigenvalue weighted by Crippen LogP contribution is 2.41. The molecule has 0 radical (unpaired) electrons. The lowest BCUT2D eigenvalue weighted by atomic mass is 9.95. The lowest BCUT2D eigenvalue weighted by molar-refractivity contribution is -0.0691. The molecule has 0 amide bonds. The van der Waals surface area contributed by atoms with Gasteiger partial charge in [-0.05, 0) is 59.9 Å². The predicted octanol–water partition coefficient (Wildman–Crippen LogP) is 6.38. The number of aromatic nitrogens is 4. The maximum Gasteiger partial charge on any atom is 0.110 e. The van der Waals surface area contributed by atoms with Crippen LogP contribution in [0.1, 0.15) is 82.2 Å². The summed E-state index contributed by atoms with van der Waals surface area (Å²) in [5.41, 5.74) is 6.92. The normalized spacial score (nSPS) is 17.2. The molecule has 49 heavy (non-hydrogen) atoms. The number of hydrogen-bond acceptors (Lipinski definition) is 11. The van der Waals surface area contributed by atoms with Crippen molar-refractivity contribution in [3.63, 3.8) is 0 Å². The highest BCUT2D eigenvalue weighted by molar-refractivity contribution is 7.10. The lowest BCUT2D eigenvalue weighted by Gasteiger charge is -2.39. The molecular weight excluding hydrogens is 633 g/mol. The fraction of sp³-hybridized carbons (Fsp3) is 0.351. The Morgan fingerprint density at radius 1 is 1.02 bits per heavy atom. The first-order valence-corrected chi connectivity index (χ1v) is 17.6. The van der Waals surface area contributed by atoms with E-state index in [0.29, 0.717) is 58.3 Å². The Morgan fingerprint density at radius 2 is 1.86 bits per heavy atom. The molecule has 1 saturated heterocycles. The van der Waals surface area contributed by atoms with Crippen LogP contribution in [0, 0.1) is 34.0 Å². The van der Waals surface area contributed by atoms with Gasteiger partial charge in [0.15, 0.2) is 0 Å². The van der Waals surface area contributed by atoms with Crippen LogP contribution < -0.4 is 10.6 Å². The third-order valence-electron chi connectivity index (χ3n) is 9.79. The number of hydrogen-bond donors (Lipinski definition) is 2. The molecule has 11 nitrogen and oxygen atoms in total. The first-order chi connectivity index (χ1) is 24.1. The molecule has 1 aliphatic carbocycles. The largest absolute Gasteiger partial charge is 0.378 e. The van der Waals surface area contributed by atoms with Gasteiger partial charge < -0.3 is 15.4 Å². The summed E-state index contributed by atoms with van der Waals surface area (Å²) in [6.07, 6.45) is 7.60. The highest BCUT2D eigenvalue weighted by Gasteiger charge is 2.33.